The van der Waals surface area contributed by atoms with Gasteiger partial charge in [0.25, 0.3) is 0 Å². The third-order valence-electron chi connectivity index (χ3n) is 2.99. The van der Waals surface area contributed by atoms with Gasteiger partial charge in [-0.25, -0.2) is 13.1 Å². The van der Waals surface area contributed by atoms with Gasteiger partial charge in [0.15, 0.2) is 0 Å². The minimum Gasteiger partial charge on any atom is -0.208 e. The van der Waals surface area contributed by atoms with Crippen LogP contribution in [-0.4, -0.2) is 14.5 Å². The van der Waals surface area contributed by atoms with Crippen LogP contribution in [0.2, 0.25) is 10.0 Å². The van der Waals surface area contributed by atoms with Crippen LogP contribution in [0, 0.1) is 5.92 Å². The van der Waals surface area contributed by atoms with Crippen LogP contribution >= 0.6 is 39.1 Å². The van der Waals surface area contributed by atoms with E-state index < -0.39 is 10.0 Å². The highest BCUT2D eigenvalue weighted by molar-refractivity contribution is 9.10. The SMILES string of the molecule is CCC1CC1NS(=O)(=O)c1c(Cl)cc(Br)cc1Cl. The van der Waals surface area contributed by atoms with Crippen LogP contribution in [0.1, 0.15) is 19.8 Å². The second-order valence-electron chi connectivity index (χ2n) is 4.33. The van der Waals surface area contributed by atoms with Gasteiger partial charge in [-0.2, -0.15) is 0 Å². The Labute approximate surface area is 125 Å². The molecule has 1 fully saturated rings. The molecule has 7 heteroatoms. The van der Waals surface area contributed by atoms with Gasteiger partial charge in [0.05, 0.1) is 10.0 Å². The number of sulfonamides is 1. The predicted octanol–water partition coefficient (Wildman–Crippen LogP) is 3.83. The fourth-order valence-corrected chi connectivity index (χ4v) is 5.14. The first-order valence-electron chi connectivity index (χ1n) is 5.52. The molecule has 1 N–H and O–H groups in total. The highest BCUT2D eigenvalue weighted by atomic mass is 79.9. The molecule has 18 heavy (non-hydrogen) atoms. The fourth-order valence-electron chi connectivity index (χ4n) is 1.89. The van der Waals surface area contributed by atoms with Crippen LogP contribution < -0.4 is 4.72 Å². The van der Waals surface area contributed by atoms with Crippen molar-refractivity contribution in [2.24, 2.45) is 5.92 Å². The summed E-state index contributed by atoms with van der Waals surface area (Å²) >= 11 is 15.1. The van der Waals surface area contributed by atoms with Crippen molar-refractivity contribution in [3.63, 3.8) is 0 Å². The summed E-state index contributed by atoms with van der Waals surface area (Å²) in [6.07, 6.45) is 1.84. The van der Waals surface area contributed by atoms with E-state index in [2.05, 4.69) is 20.7 Å². The Hall–Kier alpha value is 0.190. The van der Waals surface area contributed by atoms with Crippen LogP contribution in [0.3, 0.4) is 0 Å². The van der Waals surface area contributed by atoms with Crippen molar-refractivity contribution in [2.75, 3.05) is 0 Å². The molecule has 1 aromatic rings. The summed E-state index contributed by atoms with van der Waals surface area (Å²) in [5, 5.41) is 0.242. The number of halogens is 3. The average molecular weight is 373 g/mol. The van der Waals surface area contributed by atoms with Crippen LogP contribution in [-0.2, 0) is 10.0 Å². The van der Waals surface area contributed by atoms with Crippen molar-refractivity contribution < 1.29 is 8.42 Å². The molecule has 2 rings (SSSR count). The summed E-state index contributed by atoms with van der Waals surface area (Å²) in [4.78, 5) is -0.0456. The van der Waals surface area contributed by atoms with E-state index in [4.69, 9.17) is 23.2 Å². The Morgan fingerprint density at radius 2 is 1.94 bits per heavy atom. The summed E-state index contributed by atoms with van der Waals surface area (Å²) in [5.41, 5.74) is 0. The minimum absolute atomic E-state index is 0.00998. The Bertz CT molecular complexity index is 553. The molecule has 1 aromatic carbocycles. The third-order valence-corrected chi connectivity index (χ3v) is 5.85. The molecule has 1 aliphatic carbocycles. The zero-order valence-corrected chi connectivity index (χ0v) is 13.5. The topological polar surface area (TPSA) is 46.2 Å². The molecule has 3 nitrogen and oxygen atoms in total. The first kappa shape index (κ1) is 14.6. The predicted molar refractivity (Wildman–Crippen MR) is 76.7 cm³/mol. The van der Waals surface area contributed by atoms with Crippen LogP contribution in [0.5, 0.6) is 0 Å². The summed E-state index contributed by atoms with van der Waals surface area (Å²) in [6.45, 7) is 2.04. The largest absolute Gasteiger partial charge is 0.243 e. The van der Waals surface area contributed by atoms with Crippen LogP contribution in [0.15, 0.2) is 21.5 Å². The zero-order chi connectivity index (χ0) is 13.5. The molecule has 2 unspecified atom stereocenters. The maximum atomic E-state index is 12.2. The number of hydrogen-bond acceptors (Lipinski definition) is 2. The van der Waals surface area contributed by atoms with Gasteiger partial charge < -0.3 is 0 Å². The van der Waals surface area contributed by atoms with Crippen molar-refractivity contribution in [3.8, 4) is 0 Å². The zero-order valence-electron chi connectivity index (χ0n) is 9.58. The molecular weight excluding hydrogens is 361 g/mol. The molecule has 0 spiro atoms. The Morgan fingerprint density at radius 1 is 1.39 bits per heavy atom. The van der Waals surface area contributed by atoms with Gasteiger partial charge in [-0.1, -0.05) is 52.5 Å². The van der Waals surface area contributed by atoms with Crippen molar-refractivity contribution in [1.29, 1.82) is 0 Å². The van der Waals surface area contributed by atoms with Crippen molar-refractivity contribution in [1.82, 2.24) is 4.72 Å². The standard InChI is InChI=1S/C11H12BrCl2NO2S/c1-2-6-3-10(6)15-18(16,17)11-8(13)4-7(12)5-9(11)14/h4-6,10,15H,2-3H2,1H3. The molecular formula is C11H12BrCl2NO2S. The molecule has 1 aliphatic rings. The first-order valence-corrected chi connectivity index (χ1v) is 8.55. The third kappa shape index (κ3) is 3.02. The first-order chi connectivity index (χ1) is 8.35. The highest BCUT2D eigenvalue weighted by Crippen LogP contribution is 2.37. The van der Waals surface area contributed by atoms with Gasteiger partial charge in [-0.15, -0.1) is 0 Å². The number of hydrogen-bond donors (Lipinski definition) is 1. The molecule has 1 saturated carbocycles. The second-order valence-corrected chi connectivity index (χ2v) is 7.71. The van der Waals surface area contributed by atoms with Gasteiger partial charge in [0, 0.05) is 10.5 Å². The van der Waals surface area contributed by atoms with E-state index >= 15 is 0 Å². The molecule has 0 heterocycles. The van der Waals surface area contributed by atoms with Gasteiger partial charge >= 0.3 is 0 Å². The average Bonchev–Trinajstić information content (AvgIpc) is 2.92. The van der Waals surface area contributed by atoms with E-state index in [1.54, 1.807) is 0 Å². The smallest absolute Gasteiger partial charge is 0.208 e. The molecule has 0 radical (unpaired) electrons. The number of benzene rings is 1. The molecule has 0 bridgehead atoms. The molecule has 0 aliphatic heterocycles. The lowest BCUT2D eigenvalue weighted by Crippen LogP contribution is -2.27. The molecule has 2 atom stereocenters. The van der Waals surface area contributed by atoms with E-state index in [0.717, 1.165) is 12.8 Å². The number of rotatable bonds is 4. The summed E-state index contributed by atoms with van der Waals surface area (Å²) in [7, 11) is -3.65. The quantitative estimate of drug-likeness (QED) is 0.872. The van der Waals surface area contributed by atoms with E-state index in [-0.39, 0.29) is 21.0 Å². The van der Waals surface area contributed by atoms with Gasteiger partial charge in [0.2, 0.25) is 10.0 Å². The fraction of sp³-hybridized carbons (Fsp3) is 0.455. The van der Waals surface area contributed by atoms with E-state index in [1.807, 2.05) is 6.92 Å². The van der Waals surface area contributed by atoms with Gasteiger partial charge in [-0.3, -0.25) is 0 Å². The number of nitrogens with one attached hydrogen (secondary N) is 1. The molecule has 100 valence electrons. The summed E-state index contributed by atoms with van der Waals surface area (Å²) in [5.74, 6) is 0.424. The van der Waals surface area contributed by atoms with Crippen molar-refractivity contribution in [2.45, 2.75) is 30.7 Å². The monoisotopic (exact) mass is 371 g/mol. The molecule has 0 amide bonds. The van der Waals surface area contributed by atoms with Crippen molar-refractivity contribution >= 4 is 49.2 Å². The summed E-state index contributed by atoms with van der Waals surface area (Å²) < 4.78 is 27.7. The van der Waals surface area contributed by atoms with Crippen LogP contribution in [0.4, 0.5) is 0 Å². The molecule has 0 saturated heterocycles. The Balaban J connectivity index is 2.30. The lowest BCUT2D eigenvalue weighted by Gasteiger charge is -2.10. The van der Waals surface area contributed by atoms with Crippen LogP contribution in [0.25, 0.3) is 0 Å². The maximum Gasteiger partial charge on any atom is 0.243 e. The lowest BCUT2D eigenvalue weighted by molar-refractivity contribution is 0.576. The van der Waals surface area contributed by atoms with Gasteiger partial charge in [-0.05, 0) is 24.5 Å². The lowest BCUT2D eigenvalue weighted by atomic mass is 10.3. The summed E-state index contributed by atoms with van der Waals surface area (Å²) in [6, 6.07) is 3.05. The molecule has 0 aromatic heterocycles. The maximum absolute atomic E-state index is 12.2. The minimum atomic E-state index is -3.65. The van der Waals surface area contributed by atoms with E-state index in [1.165, 1.54) is 12.1 Å². The Morgan fingerprint density at radius 3 is 2.39 bits per heavy atom. The van der Waals surface area contributed by atoms with Crippen molar-refractivity contribution in [3.05, 3.63) is 26.7 Å². The van der Waals surface area contributed by atoms with E-state index in [9.17, 15) is 8.42 Å². The van der Waals surface area contributed by atoms with E-state index in [0.29, 0.717) is 10.4 Å². The Kier molecular flexibility index (Phi) is 4.29. The van der Waals surface area contributed by atoms with Gasteiger partial charge in [0.1, 0.15) is 4.90 Å². The highest BCUT2D eigenvalue weighted by Gasteiger charge is 2.39. The second kappa shape index (κ2) is 5.29. The normalized spacial score (nSPS) is 23.1.